The van der Waals surface area contributed by atoms with E-state index in [9.17, 15) is 0 Å². The predicted octanol–water partition coefficient (Wildman–Crippen LogP) is 2.78. The zero-order valence-corrected chi connectivity index (χ0v) is 12.6. The lowest BCUT2D eigenvalue weighted by Gasteiger charge is -2.17. The third-order valence-electron chi connectivity index (χ3n) is 2.12. The molecule has 0 spiro atoms. The van der Waals surface area contributed by atoms with E-state index in [1.807, 2.05) is 11.3 Å². The molecular formula is C11H19IN2S. The zero-order valence-electron chi connectivity index (χ0n) is 9.59. The SMILES string of the molecule is CC(C)NCCN(C)Cc1csc(I)c1. The fourth-order valence-corrected chi connectivity index (χ4v) is 2.77. The zero-order chi connectivity index (χ0) is 11.3. The minimum Gasteiger partial charge on any atom is -0.313 e. The molecule has 0 radical (unpaired) electrons. The van der Waals surface area contributed by atoms with Crippen molar-refractivity contribution in [1.29, 1.82) is 0 Å². The summed E-state index contributed by atoms with van der Waals surface area (Å²) >= 11 is 4.19. The summed E-state index contributed by atoms with van der Waals surface area (Å²) in [6, 6.07) is 2.85. The second-order valence-corrected chi connectivity index (χ2v) is 6.91. The van der Waals surface area contributed by atoms with Crippen LogP contribution in [0.15, 0.2) is 11.4 Å². The number of hydrogen-bond donors (Lipinski definition) is 1. The lowest BCUT2D eigenvalue weighted by molar-refractivity contribution is 0.320. The third kappa shape index (κ3) is 5.85. The van der Waals surface area contributed by atoms with Gasteiger partial charge in [0.15, 0.2) is 0 Å². The number of likely N-dealkylation sites (N-methyl/N-ethyl adjacent to an activating group) is 1. The van der Waals surface area contributed by atoms with Crippen LogP contribution in [0.3, 0.4) is 0 Å². The Morgan fingerprint density at radius 2 is 2.27 bits per heavy atom. The molecule has 1 rings (SSSR count). The summed E-state index contributed by atoms with van der Waals surface area (Å²) in [6.45, 7) is 7.59. The Balaban J connectivity index is 2.21. The Labute approximate surface area is 110 Å². The van der Waals surface area contributed by atoms with Crippen LogP contribution >= 0.6 is 33.9 Å². The maximum Gasteiger partial charge on any atom is 0.0656 e. The van der Waals surface area contributed by atoms with Crippen LogP contribution in [-0.2, 0) is 6.54 Å². The Bertz CT molecular complexity index is 286. The highest BCUT2D eigenvalue weighted by Crippen LogP contribution is 2.17. The van der Waals surface area contributed by atoms with Gasteiger partial charge in [-0.2, -0.15) is 0 Å². The van der Waals surface area contributed by atoms with Crippen LogP contribution < -0.4 is 5.32 Å². The smallest absolute Gasteiger partial charge is 0.0656 e. The molecule has 1 N–H and O–H groups in total. The van der Waals surface area contributed by atoms with Crippen molar-refractivity contribution in [2.24, 2.45) is 0 Å². The fraction of sp³-hybridized carbons (Fsp3) is 0.636. The Kier molecular flexibility index (Phi) is 6.11. The highest BCUT2D eigenvalue weighted by atomic mass is 127. The van der Waals surface area contributed by atoms with Crippen LogP contribution in [0.2, 0.25) is 0 Å². The van der Waals surface area contributed by atoms with E-state index in [1.165, 1.54) is 8.45 Å². The lowest BCUT2D eigenvalue weighted by Crippen LogP contribution is -2.32. The first-order valence-electron chi connectivity index (χ1n) is 5.22. The van der Waals surface area contributed by atoms with Gasteiger partial charge in [0, 0.05) is 25.7 Å². The molecule has 0 aliphatic heterocycles. The summed E-state index contributed by atoms with van der Waals surface area (Å²) in [5.41, 5.74) is 1.43. The highest BCUT2D eigenvalue weighted by Gasteiger charge is 2.02. The van der Waals surface area contributed by atoms with Gasteiger partial charge in [-0.1, -0.05) is 13.8 Å². The highest BCUT2D eigenvalue weighted by molar-refractivity contribution is 14.1. The predicted molar refractivity (Wildman–Crippen MR) is 76.5 cm³/mol. The largest absolute Gasteiger partial charge is 0.313 e. The number of hydrogen-bond acceptors (Lipinski definition) is 3. The number of nitrogens with one attached hydrogen (secondary N) is 1. The monoisotopic (exact) mass is 338 g/mol. The van der Waals surface area contributed by atoms with Gasteiger partial charge in [0.25, 0.3) is 0 Å². The first-order valence-corrected chi connectivity index (χ1v) is 7.18. The molecule has 1 aromatic heterocycles. The van der Waals surface area contributed by atoms with E-state index in [2.05, 4.69) is 65.1 Å². The fourth-order valence-electron chi connectivity index (χ4n) is 1.36. The van der Waals surface area contributed by atoms with Gasteiger partial charge in [-0.15, -0.1) is 11.3 Å². The Hall–Kier alpha value is 0.350. The van der Waals surface area contributed by atoms with Gasteiger partial charge in [0.1, 0.15) is 0 Å². The summed E-state index contributed by atoms with van der Waals surface area (Å²) in [5, 5.41) is 5.67. The molecule has 0 atom stereocenters. The van der Waals surface area contributed by atoms with Crippen molar-refractivity contribution in [2.45, 2.75) is 26.4 Å². The number of nitrogens with zero attached hydrogens (tertiary/aromatic N) is 1. The average molecular weight is 338 g/mol. The van der Waals surface area contributed by atoms with Gasteiger partial charge in [-0.3, -0.25) is 0 Å². The molecule has 0 fully saturated rings. The molecule has 1 aromatic rings. The second-order valence-electron chi connectivity index (χ2n) is 4.11. The van der Waals surface area contributed by atoms with Crippen LogP contribution in [0, 0.1) is 2.88 Å². The molecule has 0 aliphatic carbocycles. The van der Waals surface area contributed by atoms with Crippen molar-refractivity contribution >= 4 is 33.9 Å². The van der Waals surface area contributed by atoms with E-state index in [0.29, 0.717) is 6.04 Å². The molecule has 0 amide bonds. The first kappa shape index (κ1) is 13.4. The van der Waals surface area contributed by atoms with Crippen molar-refractivity contribution in [3.63, 3.8) is 0 Å². The van der Waals surface area contributed by atoms with Crippen molar-refractivity contribution in [1.82, 2.24) is 10.2 Å². The van der Waals surface area contributed by atoms with E-state index in [1.54, 1.807) is 0 Å². The molecule has 0 saturated heterocycles. The van der Waals surface area contributed by atoms with Crippen LogP contribution in [0.1, 0.15) is 19.4 Å². The van der Waals surface area contributed by atoms with Crippen molar-refractivity contribution in [3.05, 3.63) is 19.9 Å². The molecule has 0 aliphatic rings. The Morgan fingerprint density at radius 1 is 1.53 bits per heavy atom. The molecule has 0 aromatic carbocycles. The van der Waals surface area contributed by atoms with Gasteiger partial charge in [-0.25, -0.2) is 0 Å². The van der Waals surface area contributed by atoms with Gasteiger partial charge in [0.05, 0.1) is 2.88 Å². The lowest BCUT2D eigenvalue weighted by atomic mass is 10.3. The minimum atomic E-state index is 0.584. The van der Waals surface area contributed by atoms with E-state index in [4.69, 9.17) is 0 Å². The van der Waals surface area contributed by atoms with E-state index in [0.717, 1.165) is 19.6 Å². The molecule has 0 unspecified atom stereocenters. The normalized spacial score (nSPS) is 11.6. The van der Waals surface area contributed by atoms with Crippen molar-refractivity contribution in [3.8, 4) is 0 Å². The molecule has 15 heavy (non-hydrogen) atoms. The topological polar surface area (TPSA) is 15.3 Å². The summed E-state index contributed by atoms with van der Waals surface area (Å²) in [5.74, 6) is 0. The molecule has 0 bridgehead atoms. The second kappa shape index (κ2) is 6.83. The third-order valence-corrected chi connectivity index (χ3v) is 3.96. The molecule has 4 heteroatoms. The number of thiophene rings is 1. The summed E-state index contributed by atoms with van der Waals surface area (Å²) in [7, 11) is 2.17. The molecule has 2 nitrogen and oxygen atoms in total. The quantitative estimate of drug-likeness (QED) is 0.803. The maximum absolute atomic E-state index is 3.43. The Morgan fingerprint density at radius 3 is 2.80 bits per heavy atom. The van der Waals surface area contributed by atoms with Gasteiger partial charge >= 0.3 is 0 Å². The van der Waals surface area contributed by atoms with Crippen LogP contribution in [0.25, 0.3) is 0 Å². The summed E-state index contributed by atoms with van der Waals surface area (Å²) < 4.78 is 1.37. The van der Waals surface area contributed by atoms with E-state index in [-0.39, 0.29) is 0 Å². The summed E-state index contributed by atoms with van der Waals surface area (Å²) in [6.07, 6.45) is 0. The minimum absolute atomic E-state index is 0.584. The standard InChI is InChI=1S/C11H19IN2S/c1-9(2)13-4-5-14(3)7-10-6-11(12)15-8-10/h6,8-9,13H,4-5,7H2,1-3H3. The van der Waals surface area contributed by atoms with Gasteiger partial charge in [0.2, 0.25) is 0 Å². The van der Waals surface area contributed by atoms with E-state index >= 15 is 0 Å². The van der Waals surface area contributed by atoms with Crippen molar-refractivity contribution < 1.29 is 0 Å². The molecule has 0 saturated carbocycles. The maximum atomic E-state index is 3.43. The van der Waals surface area contributed by atoms with Gasteiger partial charge < -0.3 is 10.2 Å². The summed E-state index contributed by atoms with van der Waals surface area (Å²) in [4.78, 5) is 2.35. The molecular weight excluding hydrogens is 319 g/mol. The van der Waals surface area contributed by atoms with Crippen LogP contribution in [0.4, 0.5) is 0 Å². The van der Waals surface area contributed by atoms with Gasteiger partial charge in [-0.05, 0) is 46.6 Å². The average Bonchev–Trinajstić information content (AvgIpc) is 2.50. The number of rotatable bonds is 6. The first-order chi connectivity index (χ1) is 7.08. The van der Waals surface area contributed by atoms with Crippen LogP contribution in [0.5, 0.6) is 0 Å². The number of halogens is 1. The molecule has 1 heterocycles. The van der Waals surface area contributed by atoms with Crippen LogP contribution in [-0.4, -0.2) is 31.1 Å². The molecule has 86 valence electrons. The van der Waals surface area contributed by atoms with E-state index < -0.39 is 0 Å². The van der Waals surface area contributed by atoms with Crippen molar-refractivity contribution in [2.75, 3.05) is 20.1 Å².